The number of ether oxygens (including phenoxy) is 2. The SMILES string of the molecule is O=C(CC(=O)c1cc(OCc2ccccc2)cc(OCc2ccccc2)c1)c1ccccc1. The molecule has 0 unspecified atom stereocenters. The van der Waals surface area contributed by atoms with Gasteiger partial charge in [0, 0.05) is 17.2 Å². The van der Waals surface area contributed by atoms with Crippen LogP contribution in [0.15, 0.2) is 109 Å². The monoisotopic (exact) mass is 436 g/mol. The van der Waals surface area contributed by atoms with Crippen molar-refractivity contribution in [1.29, 1.82) is 0 Å². The van der Waals surface area contributed by atoms with Gasteiger partial charge in [-0.15, -0.1) is 0 Å². The van der Waals surface area contributed by atoms with Crippen LogP contribution in [0, 0.1) is 0 Å². The fraction of sp³-hybridized carbons (Fsp3) is 0.103. The molecule has 0 saturated heterocycles. The lowest BCUT2D eigenvalue weighted by molar-refractivity contribution is 0.0893. The molecule has 0 atom stereocenters. The highest BCUT2D eigenvalue weighted by atomic mass is 16.5. The van der Waals surface area contributed by atoms with Crippen LogP contribution in [0.25, 0.3) is 0 Å². The molecule has 4 aromatic carbocycles. The molecule has 4 rings (SSSR count). The average Bonchev–Trinajstić information content (AvgIpc) is 2.88. The lowest BCUT2D eigenvalue weighted by atomic mass is 10.0. The normalized spacial score (nSPS) is 10.4. The van der Waals surface area contributed by atoms with Crippen molar-refractivity contribution >= 4 is 11.6 Å². The first-order valence-electron chi connectivity index (χ1n) is 10.8. The van der Waals surface area contributed by atoms with Crippen LogP contribution in [0.1, 0.15) is 38.3 Å². The summed E-state index contributed by atoms with van der Waals surface area (Å²) < 4.78 is 11.9. The first-order chi connectivity index (χ1) is 16.2. The first kappa shape index (κ1) is 22.0. The molecule has 0 aliphatic rings. The summed E-state index contributed by atoms with van der Waals surface area (Å²) in [6.45, 7) is 0.721. The van der Waals surface area contributed by atoms with E-state index in [2.05, 4.69) is 0 Å². The zero-order valence-corrected chi connectivity index (χ0v) is 18.1. The Morgan fingerprint density at radius 1 is 0.515 bits per heavy atom. The molecule has 0 saturated carbocycles. The van der Waals surface area contributed by atoms with E-state index in [1.54, 1.807) is 42.5 Å². The number of Topliss-reactive ketones (excluding diaryl/α,β-unsaturated/α-hetero) is 2. The number of carbonyl (C=O) groups excluding carboxylic acids is 2. The van der Waals surface area contributed by atoms with Crippen molar-refractivity contribution in [2.24, 2.45) is 0 Å². The quantitative estimate of drug-likeness (QED) is 0.216. The smallest absolute Gasteiger partial charge is 0.170 e. The Morgan fingerprint density at radius 3 is 1.42 bits per heavy atom. The van der Waals surface area contributed by atoms with Crippen LogP contribution in [0.5, 0.6) is 11.5 Å². The summed E-state index contributed by atoms with van der Waals surface area (Å²) in [6, 6.07) is 33.5. The molecule has 0 heterocycles. The van der Waals surface area contributed by atoms with Crippen molar-refractivity contribution in [2.75, 3.05) is 0 Å². The minimum Gasteiger partial charge on any atom is -0.489 e. The van der Waals surface area contributed by atoms with E-state index in [0.717, 1.165) is 11.1 Å². The lowest BCUT2D eigenvalue weighted by Crippen LogP contribution is -2.09. The fourth-order valence-corrected chi connectivity index (χ4v) is 3.36. The van der Waals surface area contributed by atoms with E-state index in [9.17, 15) is 9.59 Å². The molecule has 0 aromatic heterocycles. The lowest BCUT2D eigenvalue weighted by Gasteiger charge is -2.12. The van der Waals surface area contributed by atoms with E-state index in [1.807, 2.05) is 66.7 Å². The Kier molecular flexibility index (Phi) is 7.29. The molecule has 4 heteroatoms. The molecule has 0 aliphatic carbocycles. The van der Waals surface area contributed by atoms with Gasteiger partial charge < -0.3 is 9.47 Å². The summed E-state index contributed by atoms with van der Waals surface area (Å²) in [7, 11) is 0. The average molecular weight is 437 g/mol. The third-order valence-corrected chi connectivity index (χ3v) is 5.12. The van der Waals surface area contributed by atoms with Crippen LogP contribution in [0.3, 0.4) is 0 Å². The van der Waals surface area contributed by atoms with Crippen LogP contribution in [-0.4, -0.2) is 11.6 Å². The van der Waals surface area contributed by atoms with Gasteiger partial charge in [-0.1, -0.05) is 91.0 Å². The third-order valence-electron chi connectivity index (χ3n) is 5.12. The van der Waals surface area contributed by atoms with Gasteiger partial charge in [-0.3, -0.25) is 9.59 Å². The first-order valence-corrected chi connectivity index (χ1v) is 10.8. The Morgan fingerprint density at radius 2 is 0.939 bits per heavy atom. The summed E-state index contributed by atoms with van der Waals surface area (Å²) >= 11 is 0. The molecule has 4 aromatic rings. The van der Waals surface area contributed by atoms with Crippen molar-refractivity contribution in [3.8, 4) is 11.5 Å². The molecule has 0 aliphatic heterocycles. The molecule has 0 spiro atoms. The minimum absolute atomic E-state index is 0.218. The molecule has 0 N–H and O–H groups in total. The highest BCUT2D eigenvalue weighted by molar-refractivity contribution is 6.13. The predicted molar refractivity (Wildman–Crippen MR) is 128 cm³/mol. The van der Waals surface area contributed by atoms with Gasteiger partial charge in [0.15, 0.2) is 11.6 Å². The molecule has 0 fully saturated rings. The van der Waals surface area contributed by atoms with E-state index >= 15 is 0 Å². The molecule has 0 amide bonds. The predicted octanol–water partition coefficient (Wildman–Crippen LogP) is 6.30. The maximum atomic E-state index is 12.9. The minimum atomic E-state index is -0.279. The number of rotatable bonds is 10. The van der Waals surface area contributed by atoms with E-state index in [-0.39, 0.29) is 18.0 Å². The van der Waals surface area contributed by atoms with Crippen LogP contribution in [-0.2, 0) is 13.2 Å². The van der Waals surface area contributed by atoms with Gasteiger partial charge in [0.1, 0.15) is 24.7 Å². The molecule has 4 nitrogen and oxygen atoms in total. The van der Waals surface area contributed by atoms with Crippen molar-refractivity contribution in [2.45, 2.75) is 19.6 Å². The summed E-state index contributed by atoms with van der Waals surface area (Å²) in [5, 5.41) is 0. The molecular formula is C29H24O4. The topological polar surface area (TPSA) is 52.6 Å². The molecule has 0 radical (unpaired) electrons. The van der Waals surface area contributed by atoms with Crippen LogP contribution < -0.4 is 9.47 Å². The molecule has 164 valence electrons. The number of carbonyl (C=O) groups is 2. The van der Waals surface area contributed by atoms with Crippen molar-refractivity contribution in [3.63, 3.8) is 0 Å². The Hall–Kier alpha value is -4.18. The zero-order chi connectivity index (χ0) is 22.9. The molecule has 0 bridgehead atoms. The summed E-state index contributed by atoms with van der Waals surface area (Å²) in [6.07, 6.45) is -0.218. The van der Waals surface area contributed by atoms with E-state index in [4.69, 9.17) is 9.47 Å². The maximum absolute atomic E-state index is 12.9. The third kappa shape index (κ3) is 6.40. The van der Waals surface area contributed by atoms with Crippen LogP contribution >= 0.6 is 0 Å². The fourth-order valence-electron chi connectivity index (χ4n) is 3.36. The number of benzene rings is 4. The van der Waals surface area contributed by atoms with Gasteiger partial charge in [0.2, 0.25) is 0 Å². The standard InChI is InChI=1S/C29H24O4/c30-28(24-14-8-3-9-15-24)19-29(31)25-16-26(32-20-22-10-4-1-5-11-22)18-27(17-25)33-21-23-12-6-2-7-13-23/h1-18H,19-21H2. The van der Waals surface area contributed by atoms with Crippen molar-refractivity contribution < 1.29 is 19.1 Å². The van der Waals surface area contributed by atoms with Gasteiger partial charge >= 0.3 is 0 Å². The van der Waals surface area contributed by atoms with Crippen molar-refractivity contribution in [3.05, 3.63) is 131 Å². The highest BCUT2D eigenvalue weighted by Gasteiger charge is 2.16. The van der Waals surface area contributed by atoms with Crippen molar-refractivity contribution in [1.82, 2.24) is 0 Å². The van der Waals surface area contributed by atoms with E-state index in [0.29, 0.717) is 35.8 Å². The van der Waals surface area contributed by atoms with E-state index in [1.165, 1.54) is 0 Å². The molecule has 33 heavy (non-hydrogen) atoms. The summed E-state index contributed by atoms with van der Waals surface area (Å²) in [5.41, 5.74) is 2.93. The highest BCUT2D eigenvalue weighted by Crippen LogP contribution is 2.26. The zero-order valence-electron chi connectivity index (χ0n) is 18.1. The van der Waals surface area contributed by atoms with Crippen LogP contribution in [0.4, 0.5) is 0 Å². The summed E-state index contributed by atoms with van der Waals surface area (Å²) in [5.74, 6) is 0.529. The second kappa shape index (κ2) is 10.9. The second-order valence-corrected chi connectivity index (χ2v) is 7.63. The van der Waals surface area contributed by atoms with Gasteiger partial charge in [-0.05, 0) is 23.3 Å². The largest absolute Gasteiger partial charge is 0.489 e. The summed E-state index contributed by atoms with van der Waals surface area (Å²) in [4.78, 5) is 25.5. The Balaban J connectivity index is 1.53. The van der Waals surface area contributed by atoms with Crippen LogP contribution in [0.2, 0.25) is 0 Å². The van der Waals surface area contributed by atoms with Gasteiger partial charge in [0.25, 0.3) is 0 Å². The van der Waals surface area contributed by atoms with E-state index < -0.39 is 0 Å². The number of hydrogen-bond acceptors (Lipinski definition) is 4. The Bertz CT molecular complexity index is 1140. The number of hydrogen-bond donors (Lipinski definition) is 0. The second-order valence-electron chi connectivity index (χ2n) is 7.63. The number of ketones is 2. The molecular weight excluding hydrogens is 412 g/mol. The van der Waals surface area contributed by atoms with Gasteiger partial charge in [-0.2, -0.15) is 0 Å². The maximum Gasteiger partial charge on any atom is 0.170 e. The van der Waals surface area contributed by atoms with Gasteiger partial charge in [-0.25, -0.2) is 0 Å². The van der Waals surface area contributed by atoms with Gasteiger partial charge in [0.05, 0.1) is 6.42 Å². The Labute approximate surface area is 193 Å².